The summed E-state index contributed by atoms with van der Waals surface area (Å²) in [6, 6.07) is 45.9. The van der Waals surface area contributed by atoms with Crippen molar-refractivity contribution in [3.8, 4) is 17.3 Å². The molecule has 1 aliphatic heterocycles. The molecule has 7 aromatic rings. The van der Waals surface area contributed by atoms with Crippen molar-refractivity contribution in [3.05, 3.63) is 157 Å². The Balaban J connectivity index is 0.00000400. The molecule has 0 N–H and O–H groups in total. The van der Waals surface area contributed by atoms with Gasteiger partial charge in [-0.15, -0.1) is 41.4 Å². The van der Waals surface area contributed by atoms with Crippen LogP contribution in [-0.4, -0.2) is 16.6 Å². The van der Waals surface area contributed by atoms with Crippen LogP contribution in [0.5, 0.6) is 11.5 Å². The predicted molar refractivity (Wildman–Crippen MR) is 194 cm³/mol. The van der Waals surface area contributed by atoms with E-state index in [0.717, 1.165) is 38.9 Å². The van der Waals surface area contributed by atoms with E-state index in [-0.39, 0.29) is 33.9 Å². The molecule has 0 saturated heterocycles. The van der Waals surface area contributed by atoms with Crippen LogP contribution in [0.3, 0.4) is 0 Å². The van der Waals surface area contributed by atoms with Gasteiger partial charge in [0.2, 0.25) is 0 Å². The van der Waals surface area contributed by atoms with Gasteiger partial charge in [-0.25, -0.2) is 4.98 Å². The zero-order valence-corrected chi connectivity index (χ0v) is 29.1. The molecular formula is C43H35N4OPt-3. The molecule has 0 spiro atoms. The zero-order chi connectivity index (χ0) is 35.7. The summed E-state index contributed by atoms with van der Waals surface area (Å²) in [6.07, 6.45) is -1.09. The first-order valence-corrected chi connectivity index (χ1v) is 16.3. The Bertz CT molecular complexity index is 2450. The molecule has 0 radical (unpaired) electrons. The predicted octanol–water partition coefficient (Wildman–Crippen LogP) is 10.5. The van der Waals surface area contributed by atoms with E-state index in [2.05, 4.69) is 40.1 Å². The maximum atomic E-state index is 9.39. The Labute approximate surface area is 307 Å². The van der Waals surface area contributed by atoms with Crippen LogP contribution in [0.15, 0.2) is 128 Å². The molecule has 1 saturated carbocycles. The van der Waals surface area contributed by atoms with Gasteiger partial charge in [-0.3, -0.25) is 0 Å². The van der Waals surface area contributed by atoms with Crippen LogP contribution in [0, 0.1) is 18.8 Å². The van der Waals surface area contributed by atoms with Gasteiger partial charge in [0.25, 0.3) is 0 Å². The SMILES string of the molecule is [2H]C1([2H])CCCC([2H])([2H])C1(c1ccccc1)c1ccnc(-n2c3[c-]c(Oc4[c-]c(N5[CH-]N(C)c6ccccc65)ccc4)ccc3c3ccccc32)c1.[Pt]. The van der Waals surface area contributed by atoms with Crippen molar-refractivity contribution in [1.82, 2.24) is 9.55 Å². The average Bonchev–Trinajstić information content (AvgIpc) is 3.66. The maximum Gasteiger partial charge on any atom is 0.135 e. The Morgan fingerprint density at radius 2 is 1.49 bits per heavy atom. The van der Waals surface area contributed by atoms with E-state index in [1.807, 2.05) is 115 Å². The molecule has 246 valence electrons. The molecule has 49 heavy (non-hydrogen) atoms. The third-order valence-corrected chi connectivity index (χ3v) is 9.35. The number of ether oxygens (including phenoxy) is 1. The van der Waals surface area contributed by atoms with Crippen LogP contribution in [0.25, 0.3) is 27.6 Å². The van der Waals surface area contributed by atoms with E-state index in [0.29, 0.717) is 34.9 Å². The summed E-state index contributed by atoms with van der Waals surface area (Å²) < 4.78 is 46.0. The molecule has 0 amide bonds. The van der Waals surface area contributed by atoms with Crippen molar-refractivity contribution in [2.75, 3.05) is 16.8 Å². The quantitative estimate of drug-likeness (QED) is 0.157. The molecule has 6 heteroatoms. The Morgan fingerprint density at radius 3 is 2.35 bits per heavy atom. The Hall–Kier alpha value is -4.86. The number of hydrogen-bond donors (Lipinski definition) is 0. The Kier molecular flexibility index (Phi) is 7.10. The van der Waals surface area contributed by atoms with Gasteiger partial charge in [-0.2, -0.15) is 18.8 Å². The fourth-order valence-electron chi connectivity index (χ4n) is 7.12. The maximum absolute atomic E-state index is 9.39. The number of hydrogen-bond acceptors (Lipinski definition) is 4. The van der Waals surface area contributed by atoms with Crippen molar-refractivity contribution in [2.45, 2.75) is 37.4 Å². The standard InChI is InChI=1S/C43H35N4O.Pt/c1-45-30-46(40-20-9-8-19-39(40)45)33-15-12-16-34(28-33)48-35-21-22-37-36-17-6-7-18-38(36)47(41(37)29-35)42-27-32(23-26-44-42)43(24-10-3-11-25-43)31-13-4-2-5-14-31;/h2,4-9,12-23,26-27,30H,3,10-11,24-25H2,1H3;/q-3;/i24D2,25D2;. The number of aromatic nitrogens is 2. The minimum atomic E-state index is -1.86. The second-order valence-corrected chi connectivity index (χ2v) is 12.3. The third kappa shape index (κ3) is 5.41. The minimum Gasteiger partial charge on any atom is -0.509 e. The fourth-order valence-corrected chi connectivity index (χ4v) is 7.12. The minimum absolute atomic E-state index is 0. The first-order chi connectivity index (χ1) is 25.2. The van der Waals surface area contributed by atoms with Crippen LogP contribution < -0.4 is 14.5 Å². The Morgan fingerprint density at radius 1 is 0.735 bits per heavy atom. The van der Waals surface area contributed by atoms with Gasteiger partial charge >= 0.3 is 0 Å². The molecule has 2 aromatic heterocycles. The summed E-state index contributed by atoms with van der Waals surface area (Å²) >= 11 is 0. The molecule has 0 atom stereocenters. The number of fused-ring (bicyclic) bond motifs is 4. The van der Waals surface area contributed by atoms with Crippen LogP contribution in [0.4, 0.5) is 17.1 Å². The van der Waals surface area contributed by atoms with Crippen LogP contribution >= 0.6 is 0 Å². The summed E-state index contributed by atoms with van der Waals surface area (Å²) in [6.45, 7) is 2.03. The van der Waals surface area contributed by atoms with Crippen molar-refractivity contribution < 1.29 is 31.3 Å². The molecule has 1 aliphatic carbocycles. The zero-order valence-electron chi connectivity index (χ0n) is 30.8. The molecule has 2 aliphatic rings. The van der Waals surface area contributed by atoms with Gasteiger partial charge in [0.1, 0.15) is 5.82 Å². The van der Waals surface area contributed by atoms with Crippen molar-refractivity contribution in [3.63, 3.8) is 0 Å². The summed E-state index contributed by atoms with van der Waals surface area (Å²) in [7, 11) is 2.02. The van der Waals surface area contributed by atoms with Crippen LogP contribution in [-0.2, 0) is 26.5 Å². The number of pyridine rings is 1. The van der Waals surface area contributed by atoms with Gasteiger partial charge < -0.3 is 19.1 Å². The number of nitrogens with zero attached hydrogens (tertiary/aromatic N) is 4. The fraction of sp³-hybridized carbons (Fsp3) is 0.163. The van der Waals surface area contributed by atoms with E-state index in [9.17, 15) is 5.48 Å². The monoisotopic (exact) mass is 822 g/mol. The van der Waals surface area contributed by atoms with E-state index < -0.39 is 18.2 Å². The first kappa shape index (κ1) is 27.0. The molecule has 5 nitrogen and oxygen atoms in total. The first-order valence-electron chi connectivity index (χ1n) is 18.3. The van der Waals surface area contributed by atoms with Gasteiger partial charge in [-0.05, 0) is 66.6 Å². The van der Waals surface area contributed by atoms with E-state index in [1.54, 1.807) is 12.3 Å². The third-order valence-electron chi connectivity index (χ3n) is 9.35. The van der Waals surface area contributed by atoms with Crippen LogP contribution in [0.1, 0.15) is 48.6 Å². The molecular weight excluding hydrogens is 784 g/mol. The van der Waals surface area contributed by atoms with E-state index >= 15 is 0 Å². The summed E-state index contributed by atoms with van der Waals surface area (Å²) in [4.78, 5) is 9.00. The van der Waals surface area contributed by atoms with Gasteiger partial charge in [0.05, 0.1) is 0 Å². The second-order valence-electron chi connectivity index (χ2n) is 12.3. The average molecular weight is 823 g/mol. The van der Waals surface area contributed by atoms with Crippen LogP contribution in [0.2, 0.25) is 0 Å². The second kappa shape index (κ2) is 12.9. The van der Waals surface area contributed by atoms with Gasteiger partial charge in [-0.1, -0.05) is 85.4 Å². The number of para-hydroxylation sites is 3. The number of benzene rings is 5. The smallest absolute Gasteiger partial charge is 0.135 e. The summed E-state index contributed by atoms with van der Waals surface area (Å²) in [5.74, 6) is 1.60. The largest absolute Gasteiger partial charge is 0.509 e. The molecule has 1 fully saturated rings. The van der Waals surface area contributed by atoms with E-state index in [1.165, 1.54) is 0 Å². The van der Waals surface area contributed by atoms with E-state index in [4.69, 9.17) is 9.72 Å². The summed E-state index contributed by atoms with van der Waals surface area (Å²) in [5, 5.41) is 1.97. The van der Waals surface area contributed by atoms with Gasteiger partial charge in [0.15, 0.2) is 0 Å². The molecule has 0 bridgehead atoms. The molecule has 3 heterocycles. The molecule has 0 unspecified atom stereocenters. The van der Waals surface area contributed by atoms with Crippen molar-refractivity contribution >= 4 is 38.9 Å². The molecule has 5 aromatic carbocycles. The topological polar surface area (TPSA) is 33.5 Å². The van der Waals surface area contributed by atoms with Gasteiger partial charge in [0, 0.05) is 66.6 Å². The summed E-state index contributed by atoms with van der Waals surface area (Å²) in [5.41, 5.74) is 4.27. The number of rotatable bonds is 6. The van der Waals surface area contributed by atoms with Crippen molar-refractivity contribution in [2.24, 2.45) is 0 Å². The number of anilines is 3. The normalized spacial score (nSPS) is 18.6. The molecule has 9 rings (SSSR count). The van der Waals surface area contributed by atoms with Crippen molar-refractivity contribution in [1.29, 1.82) is 0 Å².